The topological polar surface area (TPSA) is 106 Å². The van der Waals surface area contributed by atoms with E-state index < -0.39 is 24.6 Å². The summed E-state index contributed by atoms with van der Waals surface area (Å²) in [6, 6.07) is 7.79. The van der Waals surface area contributed by atoms with Crippen LogP contribution in [0, 0.1) is 19.8 Å². The normalized spacial score (nSPS) is 17.0. The van der Waals surface area contributed by atoms with Crippen LogP contribution in [-0.2, 0) is 4.74 Å². The number of fused-ring (bicyclic) bond motifs is 3. The van der Waals surface area contributed by atoms with Crippen molar-refractivity contribution >= 4 is 60.8 Å². The molecule has 7 nitrogen and oxygen atoms in total. The lowest BCUT2D eigenvalue weighted by molar-refractivity contribution is 0.0238. The van der Waals surface area contributed by atoms with Crippen molar-refractivity contribution in [1.82, 2.24) is 4.98 Å². The Morgan fingerprint density at radius 1 is 0.744 bits per heavy atom. The number of rotatable bonds is 5. The van der Waals surface area contributed by atoms with Crippen molar-refractivity contribution in [3.8, 4) is 22.8 Å². The number of aromatic amines is 1. The van der Waals surface area contributed by atoms with E-state index in [0.717, 1.165) is 27.7 Å². The lowest BCUT2D eigenvalue weighted by atomic mass is 9.84. The molecule has 0 saturated carbocycles. The predicted octanol–water partition coefficient (Wildman–Crippen LogP) is 7.37. The van der Waals surface area contributed by atoms with Gasteiger partial charge in [-0.2, -0.15) is 0 Å². The summed E-state index contributed by atoms with van der Waals surface area (Å²) in [6.07, 6.45) is 1.87. The molecule has 1 unspecified atom stereocenters. The van der Waals surface area contributed by atoms with E-state index in [1.165, 1.54) is 5.56 Å². The highest BCUT2D eigenvalue weighted by molar-refractivity contribution is 7.09. The van der Waals surface area contributed by atoms with Gasteiger partial charge in [-0.25, -0.2) is 0 Å². The van der Waals surface area contributed by atoms with Crippen molar-refractivity contribution in [2.45, 2.75) is 60.0 Å². The van der Waals surface area contributed by atoms with Crippen LogP contribution >= 0.6 is 22.7 Å². The van der Waals surface area contributed by atoms with Crippen LogP contribution in [-0.4, -0.2) is 10.6 Å². The van der Waals surface area contributed by atoms with Gasteiger partial charge < -0.3 is 14.1 Å². The fourth-order valence-corrected chi connectivity index (χ4v) is 7.67. The SMILES string of the molecule is Cc1cc2c(-c3ccc(-c4c5c(=O)sc(=O)c5c(C5=CC(C)(C(C)C)O5)c5c(=O)sc(=O)c45)o3)[nH]c(C(C)C)c2cc1C. The zero-order valence-corrected chi connectivity index (χ0v) is 26.4. The van der Waals surface area contributed by atoms with Gasteiger partial charge in [-0.3, -0.25) is 19.2 Å². The molecule has 0 saturated heterocycles. The highest BCUT2D eigenvalue weighted by Crippen LogP contribution is 2.47. The van der Waals surface area contributed by atoms with E-state index in [1.807, 2.05) is 26.8 Å². The number of H-pyrrole nitrogens is 1. The number of thiophene rings is 2. The molecule has 1 N–H and O–H groups in total. The third-order valence-corrected chi connectivity index (χ3v) is 10.5. The van der Waals surface area contributed by atoms with Crippen LogP contribution in [0.2, 0.25) is 0 Å². The fourth-order valence-electron chi connectivity index (χ4n) is 6.11. The standard InChI is InChI=1S/C34H29NO6S2/c1-13(2)28-17-10-15(5)16(6)11-18(17)29(35-28)20-9-8-19(40-20)22-24-26(32(38)42-30(24)36)23(21-12-34(7,41-21)14(3)4)27-25(22)31(37)43-33(27)39/h8-14,35H,1-7H3. The molecule has 2 aromatic carbocycles. The maximum Gasteiger partial charge on any atom is 0.244 e. The van der Waals surface area contributed by atoms with E-state index in [9.17, 15) is 19.2 Å². The van der Waals surface area contributed by atoms with E-state index in [2.05, 4.69) is 44.8 Å². The molecule has 1 aliphatic rings. The Balaban J connectivity index is 1.53. The van der Waals surface area contributed by atoms with Gasteiger partial charge in [0.25, 0.3) is 0 Å². The molecule has 218 valence electrons. The van der Waals surface area contributed by atoms with Gasteiger partial charge in [0.05, 0.1) is 27.2 Å². The highest BCUT2D eigenvalue weighted by atomic mass is 32.1. The first-order valence-electron chi connectivity index (χ1n) is 14.2. The van der Waals surface area contributed by atoms with Crippen molar-refractivity contribution in [1.29, 1.82) is 0 Å². The number of benzene rings is 2. The van der Waals surface area contributed by atoms with Crippen molar-refractivity contribution < 1.29 is 9.15 Å². The molecule has 0 aliphatic carbocycles. The van der Waals surface area contributed by atoms with E-state index in [0.29, 0.717) is 34.2 Å². The minimum atomic E-state index is -0.591. The molecular weight excluding hydrogens is 583 g/mol. The second-order valence-electron chi connectivity index (χ2n) is 12.3. The van der Waals surface area contributed by atoms with Crippen LogP contribution in [0.1, 0.15) is 62.9 Å². The molecule has 0 fully saturated rings. The number of aromatic nitrogens is 1. The third kappa shape index (κ3) is 3.84. The first-order valence-corrected chi connectivity index (χ1v) is 15.9. The summed E-state index contributed by atoms with van der Waals surface area (Å²) in [5.41, 5.74) is 4.02. The molecular formula is C34H29NO6S2. The van der Waals surface area contributed by atoms with Gasteiger partial charge in [-0.05, 0) is 68.0 Å². The fraction of sp³-hybridized carbons (Fsp3) is 0.294. The van der Waals surface area contributed by atoms with Crippen molar-refractivity contribution in [3.05, 3.63) is 90.9 Å². The van der Waals surface area contributed by atoms with Crippen LogP contribution in [0.15, 0.2) is 53.9 Å². The van der Waals surface area contributed by atoms with Gasteiger partial charge in [0.1, 0.15) is 17.1 Å². The van der Waals surface area contributed by atoms with Gasteiger partial charge in [-0.15, -0.1) is 0 Å². The summed E-state index contributed by atoms with van der Waals surface area (Å²) in [6.45, 7) is 14.3. The maximum absolute atomic E-state index is 13.4. The molecule has 0 bridgehead atoms. The van der Waals surface area contributed by atoms with Gasteiger partial charge in [0, 0.05) is 33.7 Å². The number of hydrogen-bond acceptors (Lipinski definition) is 8. The summed E-state index contributed by atoms with van der Waals surface area (Å²) in [5, 5.41) is 2.48. The van der Waals surface area contributed by atoms with Gasteiger partial charge in [0.2, 0.25) is 19.0 Å². The first-order chi connectivity index (χ1) is 20.3. The van der Waals surface area contributed by atoms with Gasteiger partial charge in [0.15, 0.2) is 5.76 Å². The van der Waals surface area contributed by atoms with Crippen LogP contribution in [0.4, 0.5) is 0 Å². The van der Waals surface area contributed by atoms with Crippen molar-refractivity contribution in [2.75, 3.05) is 0 Å². The lowest BCUT2D eigenvalue weighted by Gasteiger charge is -2.41. The molecule has 1 aliphatic heterocycles. The molecule has 4 aromatic heterocycles. The average Bonchev–Trinajstić information content (AvgIpc) is 3.67. The molecule has 0 amide bonds. The molecule has 6 aromatic rings. The number of aryl methyl sites for hydroxylation is 2. The average molecular weight is 612 g/mol. The number of furan rings is 1. The Labute approximate surface area is 253 Å². The number of nitrogens with one attached hydrogen (secondary N) is 1. The van der Waals surface area contributed by atoms with Crippen LogP contribution in [0.5, 0.6) is 0 Å². The largest absolute Gasteiger partial charge is 0.483 e. The zero-order valence-electron chi connectivity index (χ0n) is 24.8. The quantitative estimate of drug-likeness (QED) is 0.218. The maximum atomic E-state index is 13.4. The molecule has 43 heavy (non-hydrogen) atoms. The minimum Gasteiger partial charge on any atom is -0.483 e. The first kappa shape index (κ1) is 27.7. The predicted molar refractivity (Wildman–Crippen MR) is 176 cm³/mol. The summed E-state index contributed by atoms with van der Waals surface area (Å²) >= 11 is 1.12. The van der Waals surface area contributed by atoms with E-state index >= 15 is 0 Å². The van der Waals surface area contributed by atoms with Crippen LogP contribution in [0.25, 0.3) is 60.9 Å². The van der Waals surface area contributed by atoms with Crippen molar-refractivity contribution in [3.63, 3.8) is 0 Å². The Bertz CT molecular complexity index is 2320. The van der Waals surface area contributed by atoms with Crippen LogP contribution in [0.3, 0.4) is 0 Å². The summed E-state index contributed by atoms with van der Waals surface area (Å²) in [4.78, 5) is 57.0. The summed E-state index contributed by atoms with van der Waals surface area (Å²) in [7, 11) is 0. The minimum absolute atomic E-state index is 0.0848. The monoisotopic (exact) mass is 611 g/mol. The number of hydrogen-bond donors (Lipinski definition) is 1. The summed E-state index contributed by atoms with van der Waals surface area (Å²) in [5.74, 6) is 1.47. The lowest BCUT2D eigenvalue weighted by Crippen LogP contribution is -2.39. The molecule has 9 heteroatoms. The second kappa shape index (κ2) is 9.21. The van der Waals surface area contributed by atoms with Gasteiger partial charge in [-0.1, -0.05) is 50.4 Å². The molecule has 1 atom stereocenters. The molecule has 0 radical (unpaired) electrons. The number of ether oxygens (including phenoxy) is 1. The Kier molecular flexibility index (Phi) is 5.94. The van der Waals surface area contributed by atoms with E-state index in [1.54, 1.807) is 12.1 Å². The zero-order chi connectivity index (χ0) is 30.7. The van der Waals surface area contributed by atoms with Crippen LogP contribution < -0.4 is 19.0 Å². The van der Waals surface area contributed by atoms with Crippen molar-refractivity contribution in [2.24, 2.45) is 5.92 Å². The molecule has 0 spiro atoms. The Morgan fingerprint density at radius 2 is 1.23 bits per heavy atom. The van der Waals surface area contributed by atoms with E-state index in [-0.39, 0.29) is 50.3 Å². The Hall–Kier alpha value is -4.08. The second-order valence-corrected chi connectivity index (χ2v) is 14.2. The smallest absolute Gasteiger partial charge is 0.244 e. The Morgan fingerprint density at radius 3 is 1.74 bits per heavy atom. The van der Waals surface area contributed by atoms with Gasteiger partial charge >= 0.3 is 0 Å². The third-order valence-electron chi connectivity index (χ3n) is 8.96. The highest BCUT2D eigenvalue weighted by Gasteiger charge is 2.41. The summed E-state index contributed by atoms with van der Waals surface area (Å²) < 4.78 is 10.7. The molecule has 7 rings (SSSR count). The van der Waals surface area contributed by atoms with E-state index in [4.69, 9.17) is 9.15 Å². The molecule has 5 heterocycles.